The summed E-state index contributed by atoms with van der Waals surface area (Å²) in [6.07, 6.45) is 3.28. The summed E-state index contributed by atoms with van der Waals surface area (Å²) in [5, 5.41) is 10.1. The van der Waals surface area contributed by atoms with Crippen molar-refractivity contribution < 1.29 is 19.0 Å². The maximum atomic E-state index is 13.9. The Labute approximate surface area is 161 Å². The van der Waals surface area contributed by atoms with E-state index in [1.807, 2.05) is 25.1 Å². The summed E-state index contributed by atoms with van der Waals surface area (Å²) >= 11 is 0. The second kappa shape index (κ2) is 6.99. The van der Waals surface area contributed by atoms with Crippen molar-refractivity contribution in [1.82, 2.24) is 14.9 Å². The van der Waals surface area contributed by atoms with Crippen molar-refractivity contribution in [1.29, 1.82) is 0 Å². The Hall–Kier alpha value is -3.35. The quantitative estimate of drug-likeness (QED) is 0.699. The molecule has 1 unspecified atom stereocenters. The Morgan fingerprint density at radius 1 is 1.32 bits per heavy atom. The van der Waals surface area contributed by atoms with Crippen LogP contribution in [0, 0.1) is 5.82 Å². The average molecular weight is 381 g/mol. The lowest BCUT2D eigenvalue weighted by Crippen LogP contribution is -2.40. The van der Waals surface area contributed by atoms with Gasteiger partial charge in [0.25, 0.3) is 0 Å². The van der Waals surface area contributed by atoms with Crippen LogP contribution < -0.4 is 4.74 Å². The largest absolute Gasteiger partial charge is 0.496 e. The molecule has 0 radical (unpaired) electrons. The number of benzene rings is 1. The molecule has 6 nitrogen and oxygen atoms in total. The number of aromatic nitrogens is 2. The highest BCUT2D eigenvalue weighted by molar-refractivity contribution is 5.96. The standard InChI is InChI=1S/C21H20FN3O3/c1-12-9-13(6-8-25(12)21(26)27)18-11-17-15(5-7-23-20(17)24-18)16-10-14(22)3-4-19(16)28-2/h3-7,10-12H,8-9H2,1-2H3,(H,23,24)(H,26,27). The molecule has 3 heterocycles. The first-order valence-corrected chi connectivity index (χ1v) is 8.98. The molecule has 2 aromatic heterocycles. The summed E-state index contributed by atoms with van der Waals surface area (Å²) in [7, 11) is 1.56. The van der Waals surface area contributed by atoms with E-state index in [0.29, 0.717) is 29.9 Å². The Balaban J connectivity index is 1.79. The molecular weight excluding hydrogens is 361 g/mol. The minimum absolute atomic E-state index is 0.111. The van der Waals surface area contributed by atoms with E-state index < -0.39 is 6.09 Å². The smallest absolute Gasteiger partial charge is 0.407 e. The lowest BCUT2D eigenvalue weighted by atomic mass is 9.98. The number of carboxylic acid groups (broad SMARTS) is 1. The molecule has 7 heteroatoms. The van der Waals surface area contributed by atoms with E-state index in [-0.39, 0.29) is 11.9 Å². The van der Waals surface area contributed by atoms with Gasteiger partial charge in [-0.05, 0) is 54.8 Å². The van der Waals surface area contributed by atoms with E-state index in [4.69, 9.17) is 4.74 Å². The van der Waals surface area contributed by atoms with Gasteiger partial charge in [-0.1, -0.05) is 6.08 Å². The number of hydrogen-bond acceptors (Lipinski definition) is 3. The number of hydrogen-bond donors (Lipinski definition) is 2. The fraction of sp³-hybridized carbons (Fsp3) is 0.238. The molecule has 1 aliphatic heterocycles. The molecule has 3 aromatic rings. The van der Waals surface area contributed by atoms with Gasteiger partial charge in [-0.3, -0.25) is 0 Å². The fourth-order valence-electron chi connectivity index (χ4n) is 3.71. The van der Waals surface area contributed by atoms with E-state index in [1.165, 1.54) is 17.0 Å². The van der Waals surface area contributed by atoms with Crippen LogP contribution in [0.15, 0.2) is 42.6 Å². The second-order valence-corrected chi connectivity index (χ2v) is 6.87. The summed E-state index contributed by atoms with van der Waals surface area (Å²) in [6, 6.07) is 8.13. The van der Waals surface area contributed by atoms with Crippen molar-refractivity contribution in [3.8, 4) is 16.9 Å². The highest BCUT2D eigenvalue weighted by Crippen LogP contribution is 2.37. The minimum atomic E-state index is -0.915. The average Bonchev–Trinajstić information content (AvgIpc) is 3.12. The van der Waals surface area contributed by atoms with Gasteiger partial charge in [0.15, 0.2) is 0 Å². The number of nitrogens with zero attached hydrogens (tertiary/aromatic N) is 2. The van der Waals surface area contributed by atoms with Crippen molar-refractivity contribution >= 4 is 22.7 Å². The Kier molecular flexibility index (Phi) is 4.50. The topological polar surface area (TPSA) is 78.5 Å². The molecule has 1 atom stereocenters. The number of methoxy groups -OCH3 is 1. The van der Waals surface area contributed by atoms with Crippen molar-refractivity contribution in [2.24, 2.45) is 0 Å². The van der Waals surface area contributed by atoms with E-state index in [9.17, 15) is 14.3 Å². The first kappa shape index (κ1) is 18.0. The third-order valence-corrected chi connectivity index (χ3v) is 5.16. The maximum Gasteiger partial charge on any atom is 0.407 e. The number of amides is 1. The van der Waals surface area contributed by atoms with Crippen molar-refractivity contribution in [3.63, 3.8) is 0 Å². The van der Waals surface area contributed by atoms with Crippen LogP contribution in [0.2, 0.25) is 0 Å². The molecule has 28 heavy (non-hydrogen) atoms. The summed E-state index contributed by atoms with van der Waals surface area (Å²) in [5.74, 6) is 0.244. The second-order valence-electron chi connectivity index (χ2n) is 6.87. The number of ether oxygens (including phenoxy) is 1. The fourth-order valence-corrected chi connectivity index (χ4v) is 3.71. The summed E-state index contributed by atoms with van der Waals surface area (Å²) in [4.78, 5) is 20.4. The van der Waals surface area contributed by atoms with Crippen LogP contribution in [-0.4, -0.2) is 45.8 Å². The lowest BCUT2D eigenvalue weighted by molar-refractivity contribution is 0.133. The number of nitrogens with one attached hydrogen (secondary N) is 1. The van der Waals surface area contributed by atoms with Gasteiger partial charge in [-0.25, -0.2) is 14.2 Å². The molecule has 4 rings (SSSR count). The van der Waals surface area contributed by atoms with Gasteiger partial charge in [0.1, 0.15) is 17.2 Å². The zero-order valence-corrected chi connectivity index (χ0v) is 15.6. The molecule has 0 saturated carbocycles. The van der Waals surface area contributed by atoms with Crippen LogP contribution >= 0.6 is 0 Å². The maximum absolute atomic E-state index is 13.9. The SMILES string of the molecule is COc1ccc(F)cc1-c1ccnc2[nH]c(C3=CCN(C(=O)O)C(C)C3)cc12. The summed E-state index contributed by atoms with van der Waals surface area (Å²) < 4.78 is 19.3. The Bertz CT molecular complexity index is 1090. The first-order valence-electron chi connectivity index (χ1n) is 8.98. The van der Waals surface area contributed by atoms with Crippen molar-refractivity contribution in [2.45, 2.75) is 19.4 Å². The molecule has 144 valence electrons. The van der Waals surface area contributed by atoms with Crippen LogP contribution in [0.1, 0.15) is 19.0 Å². The number of pyridine rings is 1. The van der Waals surface area contributed by atoms with Gasteiger partial charge in [0.05, 0.1) is 7.11 Å². The number of rotatable bonds is 3. The van der Waals surface area contributed by atoms with Crippen LogP contribution in [0.5, 0.6) is 5.75 Å². The van der Waals surface area contributed by atoms with Gasteiger partial charge in [0.2, 0.25) is 0 Å². The van der Waals surface area contributed by atoms with Gasteiger partial charge in [-0.15, -0.1) is 0 Å². The zero-order chi connectivity index (χ0) is 19.8. The summed E-state index contributed by atoms with van der Waals surface area (Å²) in [6.45, 7) is 2.24. The molecule has 1 aromatic carbocycles. The monoisotopic (exact) mass is 381 g/mol. The van der Waals surface area contributed by atoms with Crippen LogP contribution in [-0.2, 0) is 0 Å². The van der Waals surface area contributed by atoms with E-state index in [1.54, 1.807) is 19.4 Å². The molecule has 0 saturated heterocycles. The van der Waals surface area contributed by atoms with Gasteiger partial charge in [0, 0.05) is 35.4 Å². The normalized spacial score (nSPS) is 16.9. The molecule has 0 spiro atoms. The Morgan fingerprint density at radius 3 is 2.86 bits per heavy atom. The molecule has 1 aliphatic rings. The number of fused-ring (bicyclic) bond motifs is 1. The number of H-pyrrole nitrogens is 1. The third kappa shape index (κ3) is 3.09. The highest BCUT2D eigenvalue weighted by atomic mass is 19.1. The third-order valence-electron chi connectivity index (χ3n) is 5.16. The van der Waals surface area contributed by atoms with E-state index in [0.717, 1.165) is 22.2 Å². The van der Waals surface area contributed by atoms with Crippen molar-refractivity contribution in [3.05, 3.63) is 54.1 Å². The number of halogens is 1. The first-order chi connectivity index (χ1) is 13.5. The minimum Gasteiger partial charge on any atom is -0.496 e. The molecular formula is C21H20FN3O3. The van der Waals surface area contributed by atoms with E-state index in [2.05, 4.69) is 9.97 Å². The number of aromatic amines is 1. The zero-order valence-electron chi connectivity index (χ0n) is 15.6. The predicted octanol–water partition coefficient (Wildman–Crippen LogP) is 4.53. The number of carbonyl (C=O) groups is 1. The lowest BCUT2D eigenvalue weighted by Gasteiger charge is -2.30. The van der Waals surface area contributed by atoms with E-state index >= 15 is 0 Å². The Morgan fingerprint density at radius 2 is 2.14 bits per heavy atom. The molecule has 2 N–H and O–H groups in total. The van der Waals surface area contributed by atoms with Crippen LogP contribution in [0.4, 0.5) is 9.18 Å². The van der Waals surface area contributed by atoms with Crippen molar-refractivity contribution in [2.75, 3.05) is 13.7 Å². The molecule has 1 amide bonds. The van der Waals surface area contributed by atoms with Crippen LogP contribution in [0.3, 0.4) is 0 Å². The molecule has 0 fully saturated rings. The summed E-state index contributed by atoms with van der Waals surface area (Å²) in [5.41, 5.74) is 4.10. The van der Waals surface area contributed by atoms with Gasteiger partial charge < -0.3 is 19.7 Å². The highest BCUT2D eigenvalue weighted by Gasteiger charge is 2.25. The predicted molar refractivity (Wildman–Crippen MR) is 105 cm³/mol. The van der Waals surface area contributed by atoms with Gasteiger partial charge >= 0.3 is 6.09 Å². The van der Waals surface area contributed by atoms with Gasteiger partial charge in [-0.2, -0.15) is 0 Å². The molecule has 0 aliphatic carbocycles. The van der Waals surface area contributed by atoms with Crippen LogP contribution in [0.25, 0.3) is 27.7 Å². The molecule has 0 bridgehead atoms.